The summed E-state index contributed by atoms with van der Waals surface area (Å²) >= 11 is 5.20. The largest absolute Gasteiger partial charge is 0.493 e. The fourth-order valence-electron chi connectivity index (χ4n) is 2.31. The number of nitrogens with one attached hydrogen (secondary N) is 3. The van der Waals surface area contributed by atoms with Crippen molar-refractivity contribution in [3.8, 4) is 11.5 Å². The van der Waals surface area contributed by atoms with Crippen LogP contribution in [0.1, 0.15) is 36.2 Å². The molecule has 0 unspecified atom stereocenters. The number of hydrogen-bond acceptors (Lipinski definition) is 4. The summed E-state index contributed by atoms with van der Waals surface area (Å²) in [5.41, 5.74) is 7.78. The molecule has 2 aromatic rings. The predicted molar refractivity (Wildman–Crippen MR) is 111 cm³/mol. The van der Waals surface area contributed by atoms with Gasteiger partial charge in [-0.25, -0.2) is 0 Å². The number of thiocarbonyl (C=S) groups is 1. The first-order chi connectivity index (χ1) is 13.1. The highest BCUT2D eigenvalue weighted by Crippen LogP contribution is 2.28. The maximum Gasteiger partial charge on any atom is 0.269 e. The number of hydrogen-bond donors (Lipinski definition) is 3. The van der Waals surface area contributed by atoms with Gasteiger partial charge in [-0.1, -0.05) is 26.0 Å². The summed E-state index contributed by atoms with van der Waals surface area (Å²) < 4.78 is 10.9. The molecular formula is C20H25N3O3S. The predicted octanol–water partition coefficient (Wildman–Crippen LogP) is 3.68. The van der Waals surface area contributed by atoms with Crippen LogP contribution in [-0.4, -0.2) is 24.7 Å². The zero-order valence-corrected chi connectivity index (χ0v) is 16.6. The zero-order valence-electron chi connectivity index (χ0n) is 15.8. The number of rotatable bonds is 7. The van der Waals surface area contributed by atoms with E-state index in [0.717, 1.165) is 18.5 Å². The van der Waals surface area contributed by atoms with E-state index in [2.05, 4.69) is 23.1 Å². The van der Waals surface area contributed by atoms with E-state index in [1.54, 1.807) is 18.2 Å². The van der Waals surface area contributed by atoms with Crippen LogP contribution in [0.15, 0.2) is 42.5 Å². The third kappa shape index (κ3) is 6.14. The molecule has 2 rings (SSSR count). The Bertz CT molecular complexity index is 779. The van der Waals surface area contributed by atoms with Gasteiger partial charge in [-0.2, -0.15) is 0 Å². The molecule has 0 atom stereocenters. The van der Waals surface area contributed by atoms with Crippen LogP contribution in [-0.2, 0) is 6.42 Å². The second-order valence-corrected chi connectivity index (χ2v) is 6.21. The Balaban J connectivity index is 1.91. The summed E-state index contributed by atoms with van der Waals surface area (Å²) in [6.45, 7) is 4.71. The number of ether oxygens (including phenoxy) is 2. The highest BCUT2D eigenvalue weighted by molar-refractivity contribution is 7.80. The Labute approximate surface area is 165 Å². The van der Waals surface area contributed by atoms with Crippen molar-refractivity contribution in [3.63, 3.8) is 0 Å². The number of benzene rings is 2. The maximum atomic E-state index is 12.3. The van der Waals surface area contributed by atoms with Crippen molar-refractivity contribution in [2.24, 2.45) is 0 Å². The smallest absolute Gasteiger partial charge is 0.269 e. The number of amides is 1. The van der Waals surface area contributed by atoms with Gasteiger partial charge >= 0.3 is 0 Å². The normalized spacial score (nSPS) is 10.0. The third-order valence-electron chi connectivity index (χ3n) is 3.80. The lowest BCUT2D eigenvalue weighted by molar-refractivity contribution is 0.0943. The molecule has 0 saturated carbocycles. The lowest BCUT2D eigenvalue weighted by Gasteiger charge is -2.14. The van der Waals surface area contributed by atoms with Crippen LogP contribution in [0.4, 0.5) is 5.69 Å². The fourth-order valence-corrected chi connectivity index (χ4v) is 2.48. The van der Waals surface area contributed by atoms with Gasteiger partial charge in [-0.15, -0.1) is 0 Å². The molecule has 0 aromatic heterocycles. The molecular weight excluding hydrogens is 362 g/mol. The van der Waals surface area contributed by atoms with Crippen molar-refractivity contribution in [2.45, 2.75) is 26.7 Å². The number of methoxy groups -OCH3 is 1. The van der Waals surface area contributed by atoms with Gasteiger partial charge in [-0.3, -0.25) is 15.6 Å². The minimum atomic E-state index is -0.333. The van der Waals surface area contributed by atoms with Crippen LogP contribution in [0, 0.1) is 0 Å². The van der Waals surface area contributed by atoms with Gasteiger partial charge in [0, 0.05) is 11.3 Å². The van der Waals surface area contributed by atoms with Crippen molar-refractivity contribution in [1.29, 1.82) is 0 Å². The van der Waals surface area contributed by atoms with Gasteiger partial charge in [0.15, 0.2) is 16.6 Å². The monoisotopic (exact) mass is 387 g/mol. The number of hydrazine groups is 1. The quantitative estimate of drug-likeness (QED) is 0.497. The van der Waals surface area contributed by atoms with E-state index < -0.39 is 0 Å². The van der Waals surface area contributed by atoms with Crippen LogP contribution >= 0.6 is 12.2 Å². The molecule has 6 nitrogen and oxygen atoms in total. The molecule has 144 valence electrons. The van der Waals surface area contributed by atoms with Crippen molar-refractivity contribution in [2.75, 3.05) is 19.0 Å². The summed E-state index contributed by atoms with van der Waals surface area (Å²) in [6.07, 6.45) is 1.87. The molecule has 0 fully saturated rings. The maximum absolute atomic E-state index is 12.3. The summed E-state index contributed by atoms with van der Waals surface area (Å²) in [5.74, 6) is 0.783. The van der Waals surface area contributed by atoms with Crippen LogP contribution < -0.4 is 25.6 Å². The Kier molecular flexibility index (Phi) is 7.88. The number of anilines is 1. The minimum absolute atomic E-state index is 0.294. The number of aryl methyl sites for hydroxylation is 1. The molecule has 0 aliphatic heterocycles. The molecule has 7 heteroatoms. The molecule has 1 amide bonds. The number of carbonyl (C=O) groups is 1. The van der Waals surface area contributed by atoms with E-state index in [-0.39, 0.29) is 5.91 Å². The third-order valence-corrected chi connectivity index (χ3v) is 4.00. The summed E-state index contributed by atoms with van der Waals surface area (Å²) in [5, 5.41) is 3.31. The molecule has 0 saturated heterocycles. The SMILES string of the molecule is CCCOc1ccc(C(=O)NNC(=S)Nc2ccc(CC)cc2)cc1OC. The molecule has 0 bridgehead atoms. The fraction of sp³-hybridized carbons (Fsp3) is 0.300. The van der Waals surface area contributed by atoms with Gasteiger partial charge in [0.1, 0.15) is 0 Å². The van der Waals surface area contributed by atoms with Gasteiger partial charge in [0.2, 0.25) is 0 Å². The second kappa shape index (κ2) is 10.4. The van der Waals surface area contributed by atoms with Gasteiger partial charge in [0.25, 0.3) is 5.91 Å². The van der Waals surface area contributed by atoms with Gasteiger partial charge in [-0.05, 0) is 61.0 Å². The first-order valence-electron chi connectivity index (χ1n) is 8.84. The molecule has 0 radical (unpaired) electrons. The van der Waals surface area contributed by atoms with Gasteiger partial charge in [0.05, 0.1) is 13.7 Å². The Morgan fingerprint density at radius 1 is 1.04 bits per heavy atom. The molecule has 3 N–H and O–H groups in total. The number of carbonyl (C=O) groups excluding carboxylic acids is 1. The van der Waals surface area contributed by atoms with E-state index in [1.165, 1.54) is 12.7 Å². The summed E-state index contributed by atoms with van der Waals surface area (Å²) in [7, 11) is 1.54. The average molecular weight is 388 g/mol. The zero-order chi connectivity index (χ0) is 19.6. The lowest BCUT2D eigenvalue weighted by Crippen LogP contribution is -2.43. The molecule has 0 aliphatic carbocycles. The molecule has 27 heavy (non-hydrogen) atoms. The minimum Gasteiger partial charge on any atom is -0.493 e. The molecule has 0 aliphatic rings. The van der Waals surface area contributed by atoms with Crippen molar-refractivity contribution < 1.29 is 14.3 Å². The molecule has 0 spiro atoms. The van der Waals surface area contributed by atoms with E-state index >= 15 is 0 Å². The standard InChI is InChI=1S/C20H25N3O3S/c1-4-12-26-17-11-8-15(13-18(17)25-3)19(24)22-23-20(27)21-16-9-6-14(5-2)7-10-16/h6-11,13H,4-5,12H2,1-3H3,(H,22,24)(H2,21,23,27). The summed E-state index contributed by atoms with van der Waals surface area (Å²) in [6, 6.07) is 12.9. The van der Waals surface area contributed by atoms with E-state index in [9.17, 15) is 4.79 Å². The highest BCUT2D eigenvalue weighted by atomic mass is 32.1. The van der Waals surface area contributed by atoms with E-state index in [4.69, 9.17) is 21.7 Å². The summed E-state index contributed by atoms with van der Waals surface area (Å²) in [4.78, 5) is 12.3. The average Bonchev–Trinajstić information content (AvgIpc) is 2.70. The highest BCUT2D eigenvalue weighted by Gasteiger charge is 2.11. The Hall–Kier alpha value is -2.80. The first-order valence-corrected chi connectivity index (χ1v) is 9.25. The second-order valence-electron chi connectivity index (χ2n) is 5.80. The van der Waals surface area contributed by atoms with Crippen molar-refractivity contribution >= 4 is 28.9 Å². The van der Waals surface area contributed by atoms with Crippen molar-refractivity contribution in [1.82, 2.24) is 10.9 Å². The van der Waals surface area contributed by atoms with E-state index in [0.29, 0.717) is 28.8 Å². The van der Waals surface area contributed by atoms with Crippen molar-refractivity contribution in [3.05, 3.63) is 53.6 Å². The first kappa shape index (κ1) is 20.5. The molecule has 2 aromatic carbocycles. The topological polar surface area (TPSA) is 71.6 Å². The Morgan fingerprint density at radius 3 is 2.41 bits per heavy atom. The van der Waals surface area contributed by atoms with Crippen LogP contribution in [0.2, 0.25) is 0 Å². The van der Waals surface area contributed by atoms with E-state index in [1.807, 2.05) is 31.2 Å². The van der Waals surface area contributed by atoms with Crippen LogP contribution in [0.3, 0.4) is 0 Å². The molecule has 0 heterocycles. The Morgan fingerprint density at radius 2 is 1.78 bits per heavy atom. The lowest BCUT2D eigenvalue weighted by atomic mass is 10.1. The van der Waals surface area contributed by atoms with Gasteiger partial charge < -0.3 is 14.8 Å². The van der Waals surface area contributed by atoms with Crippen LogP contribution in [0.5, 0.6) is 11.5 Å². The van der Waals surface area contributed by atoms with Crippen LogP contribution in [0.25, 0.3) is 0 Å².